The van der Waals surface area contributed by atoms with Crippen LogP contribution in [0.1, 0.15) is 22.3 Å². The van der Waals surface area contributed by atoms with E-state index in [1.54, 1.807) is 25.3 Å². The number of nitrogens with one attached hydrogen (secondary N) is 1. The number of hydrogen-bond donors (Lipinski definition) is 1. The number of methoxy groups -OCH3 is 1. The van der Waals surface area contributed by atoms with Gasteiger partial charge in [0.1, 0.15) is 0 Å². The van der Waals surface area contributed by atoms with Crippen LogP contribution in [0.5, 0.6) is 0 Å². The lowest BCUT2D eigenvalue weighted by Crippen LogP contribution is -2.48. The summed E-state index contributed by atoms with van der Waals surface area (Å²) < 4.78 is 86.9. The summed E-state index contributed by atoms with van der Waals surface area (Å²) in [5.41, 5.74) is -1.82. The Morgan fingerprint density at radius 1 is 1.02 bits per heavy atom. The lowest BCUT2D eigenvalue weighted by atomic mass is 9.92. The Morgan fingerprint density at radius 3 is 2.46 bits per heavy atom. The van der Waals surface area contributed by atoms with Crippen molar-refractivity contribution in [3.05, 3.63) is 69.8 Å². The molecule has 41 heavy (non-hydrogen) atoms. The first kappa shape index (κ1) is 29.1. The minimum absolute atomic E-state index is 0.117. The molecule has 1 fully saturated rings. The minimum atomic E-state index is -5.04. The standard InChI is InChI=1S/C27H25F6N5O2S/c1-40-11-10-37-6-8-38(9-7-37)25-35-24(39)23(41-25)20(16-3-5-22-18(12-16)15-34-36-22)13-17-2-4-19(26(28,29)30)14-21(17)27(31,32)33/h2-5,12,14-15H,6-11,13H2,1H3,(H,34,36). The number of nitrogens with zero attached hydrogens (tertiary/aromatic N) is 4. The number of amides is 1. The first-order valence-corrected chi connectivity index (χ1v) is 13.5. The Kier molecular flexibility index (Phi) is 8.17. The molecule has 0 atom stereocenters. The zero-order valence-corrected chi connectivity index (χ0v) is 22.6. The first-order valence-electron chi connectivity index (χ1n) is 12.6. The topological polar surface area (TPSA) is 73.8 Å². The fourth-order valence-electron chi connectivity index (χ4n) is 4.81. The second kappa shape index (κ2) is 11.5. The third kappa shape index (κ3) is 6.44. The molecule has 1 saturated heterocycles. The number of aromatic amines is 1. The number of allylic oxidation sites excluding steroid dienone is 1. The summed E-state index contributed by atoms with van der Waals surface area (Å²) in [5, 5.41) is 7.87. The molecule has 7 nitrogen and oxygen atoms in total. The lowest BCUT2D eigenvalue weighted by molar-refractivity contribution is -0.143. The summed E-state index contributed by atoms with van der Waals surface area (Å²) in [6.07, 6.45) is -8.88. The molecule has 2 aliphatic rings. The van der Waals surface area contributed by atoms with Crippen molar-refractivity contribution in [1.82, 2.24) is 20.0 Å². The third-order valence-electron chi connectivity index (χ3n) is 7.01. The smallest absolute Gasteiger partial charge is 0.383 e. The van der Waals surface area contributed by atoms with E-state index in [1.807, 2.05) is 4.90 Å². The number of carbonyl (C=O) groups is 1. The molecule has 0 spiro atoms. The van der Waals surface area contributed by atoms with Gasteiger partial charge in [-0.1, -0.05) is 12.1 Å². The fourth-order valence-corrected chi connectivity index (χ4v) is 5.88. The molecule has 0 unspecified atom stereocenters. The Balaban J connectivity index is 1.51. The van der Waals surface area contributed by atoms with Crippen LogP contribution >= 0.6 is 11.8 Å². The van der Waals surface area contributed by atoms with Crippen LogP contribution in [0.15, 0.2) is 52.5 Å². The highest BCUT2D eigenvalue weighted by Gasteiger charge is 2.39. The molecule has 14 heteroatoms. The molecule has 2 aliphatic heterocycles. The van der Waals surface area contributed by atoms with E-state index in [0.29, 0.717) is 47.4 Å². The number of aromatic nitrogens is 2. The van der Waals surface area contributed by atoms with Crippen molar-refractivity contribution in [1.29, 1.82) is 0 Å². The average molecular weight is 598 g/mol. The van der Waals surface area contributed by atoms with Gasteiger partial charge in [0.25, 0.3) is 5.91 Å². The summed E-state index contributed by atoms with van der Waals surface area (Å²) in [6.45, 7) is 4.01. The van der Waals surface area contributed by atoms with E-state index in [4.69, 9.17) is 4.74 Å². The van der Waals surface area contributed by atoms with Crippen molar-refractivity contribution < 1.29 is 35.9 Å². The maximum Gasteiger partial charge on any atom is 0.416 e. The molecular formula is C27H25F6N5O2S. The van der Waals surface area contributed by atoms with Crippen LogP contribution in [-0.2, 0) is 28.3 Å². The van der Waals surface area contributed by atoms with E-state index >= 15 is 0 Å². The summed E-state index contributed by atoms with van der Waals surface area (Å²) in [4.78, 5) is 21.7. The van der Waals surface area contributed by atoms with Crippen molar-refractivity contribution in [2.45, 2.75) is 18.8 Å². The predicted octanol–water partition coefficient (Wildman–Crippen LogP) is 5.45. The SMILES string of the molecule is COCCN1CCN(C2=NC(=O)C(=C(Cc3ccc(C(F)(F)F)cc3C(F)(F)F)c3ccc4[nH]ncc4c3)S2)CC1. The van der Waals surface area contributed by atoms with Gasteiger partial charge in [-0.05, 0) is 59.1 Å². The molecule has 1 aromatic heterocycles. The van der Waals surface area contributed by atoms with Gasteiger partial charge in [-0.2, -0.15) is 36.4 Å². The molecule has 1 N–H and O–H groups in total. The number of benzene rings is 2. The van der Waals surface area contributed by atoms with Crippen LogP contribution in [0.3, 0.4) is 0 Å². The number of halogens is 6. The number of H-pyrrole nitrogens is 1. The number of amidine groups is 1. The number of alkyl halides is 6. The van der Waals surface area contributed by atoms with Crippen LogP contribution in [0.4, 0.5) is 26.3 Å². The number of hydrogen-bond acceptors (Lipinski definition) is 6. The summed E-state index contributed by atoms with van der Waals surface area (Å²) in [6, 6.07) is 6.57. The van der Waals surface area contributed by atoms with Crippen LogP contribution in [0, 0.1) is 0 Å². The van der Waals surface area contributed by atoms with E-state index in [1.165, 1.54) is 6.20 Å². The highest BCUT2D eigenvalue weighted by molar-refractivity contribution is 8.18. The highest BCUT2D eigenvalue weighted by Crippen LogP contribution is 2.42. The van der Waals surface area contributed by atoms with Crippen LogP contribution < -0.4 is 0 Å². The second-order valence-corrected chi connectivity index (χ2v) is 10.6. The van der Waals surface area contributed by atoms with E-state index in [0.717, 1.165) is 37.5 Å². The van der Waals surface area contributed by atoms with E-state index < -0.39 is 35.8 Å². The zero-order chi connectivity index (χ0) is 29.4. The maximum atomic E-state index is 14.0. The Bertz CT molecular complexity index is 1510. The van der Waals surface area contributed by atoms with Gasteiger partial charge in [0.2, 0.25) is 0 Å². The van der Waals surface area contributed by atoms with Crippen molar-refractivity contribution in [2.24, 2.45) is 4.99 Å². The Morgan fingerprint density at radius 2 is 1.78 bits per heavy atom. The monoisotopic (exact) mass is 597 g/mol. The summed E-state index contributed by atoms with van der Waals surface area (Å²) in [7, 11) is 1.63. The molecule has 218 valence electrons. The molecule has 0 saturated carbocycles. The molecule has 5 rings (SSSR count). The van der Waals surface area contributed by atoms with Gasteiger partial charge < -0.3 is 9.64 Å². The van der Waals surface area contributed by atoms with Crippen molar-refractivity contribution in [2.75, 3.05) is 46.4 Å². The Labute approximate surface area is 235 Å². The maximum absolute atomic E-state index is 14.0. The molecule has 1 amide bonds. The molecule has 0 bridgehead atoms. The number of piperazine rings is 1. The molecule has 2 aromatic carbocycles. The lowest BCUT2D eigenvalue weighted by Gasteiger charge is -2.35. The normalized spacial score (nSPS) is 18.4. The molecular weight excluding hydrogens is 572 g/mol. The average Bonchev–Trinajstić information content (AvgIpc) is 3.56. The van der Waals surface area contributed by atoms with Gasteiger partial charge in [-0.3, -0.25) is 14.8 Å². The fraction of sp³-hybridized carbons (Fsp3) is 0.370. The van der Waals surface area contributed by atoms with Gasteiger partial charge in [0.05, 0.1) is 34.4 Å². The molecule has 3 aromatic rings. The van der Waals surface area contributed by atoms with Crippen molar-refractivity contribution >= 4 is 39.3 Å². The van der Waals surface area contributed by atoms with Gasteiger partial charge >= 0.3 is 12.4 Å². The van der Waals surface area contributed by atoms with Gasteiger partial charge in [-0.15, -0.1) is 0 Å². The van der Waals surface area contributed by atoms with E-state index in [2.05, 4.69) is 20.1 Å². The second-order valence-electron chi connectivity index (χ2n) is 9.65. The number of thioether (sulfide) groups is 1. The molecule has 0 radical (unpaired) electrons. The Hall–Kier alpha value is -3.36. The van der Waals surface area contributed by atoms with Crippen LogP contribution in [0.2, 0.25) is 0 Å². The van der Waals surface area contributed by atoms with Gasteiger partial charge in [-0.25, -0.2) is 0 Å². The summed E-state index contributed by atoms with van der Waals surface area (Å²) >= 11 is 1.07. The minimum Gasteiger partial charge on any atom is -0.383 e. The van der Waals surface area contributed by atoms with Crippen LogP contribution in [-0.4, -0.2) is 77.5 Å². The summed E-state index contributed by atoms with van der Waals surface area (Å²) in [5.74, 6) is -0.602. The number of carbonyl (C=O) groups excluding carboxylic acids is 1. The predicted molar refractivity (Wildman–Crippen MR) is 143 cm³/mol. The molecule has 0 aliphatic carbocycles. The van der Waals surface area contributed by atoms with Crippen LogP contribution in [0.25, 0.3) is 16.5 Å². The molecule has 3 heterocycles. The van der Waals surface area contributed by atoms with Gasteiger partial charge in [0, 0.05) is 45.2 Å². The number of aliphatic imine (C=N–C) groups is 1. The van der Waals surface area contributed by atoms with Crippen molar-refractivity contribution in [3.8, 4) is 0 Å². The largest absolute Gasteiger partial charge is 0.416 e. The van der Waals surface area contributed by atoms with Gasteiger partial charge in [0.15, 0.2) is 5.17 Å². The van der Waals surface area contributed by atoms with E-state index in [9.17, 15) is 31.1 Å². The number of rotatable bonds is 6. The highest BCUT2D eigenvalue weighted by atomic mass is 32.2. The van der Waals surface area contributed by atoms with Crippen molar-refractivity contribution in [3.63, 3.8) is 0 Å². The third-order valence-corrected chi connectivity index (χ3v) is 8.17. The van der Waals surface area contributed by atoms with E-state index in [-0.39, 0.29) is 22.1 Å². The number of ether oxygens (including phenoxy) is 1. The number of fused-ring (bicyclic) bond motifs is 1. The first-order chi connectivity index (χ1) is 19.4. The zero-order valence-electron chi connectivity index (χ0n) is 21.8. The quantitative estimate of drug-likeness (QED) is 0.301.